The predicted molar refractivity (Wildman–Crippen MR) is 114 cm³/mol. The van der Waals surface area contributed by atoms with Crippen molar-refractivity contribution in [1.82, 2.24) is 9.62 Å². The summed E-state index contributed by atoms with van der Waals surface area (Å²) in [5.74, 6) is 0.433. The zero-order valence-corrected chi connectivity index (χ0v) is 18.4. The highest BCUT2D eigenvalue weighted by atomic mass is 32.2. The Morgan fingerprint density at radius 1 is 1.13 bits per heavy atom. The maximum atomic E-state index is 13.0. The highest BCUT2D eigenvalue weighted by Crippen LogP contribution is 2.22. The summed E-state index contributed by atoms with van der Waals surface area (Å²) in [7, 11) is -3.68. The monoisotopic (exact) mass is 432 g/mol. The van der Waals surface area contributed by atoms with Gasteiger partial charge in [0.15, 0.2) is 0 Å². The average molecular weight is 433 g/mol. The quantitative estimate of drug-likeness (QED) is 0.727. The van der Waals surface area contributed by atoms with E-state index in [9.17, 15) is 13.2 Å². The second kappa shape index (κ2) is 9.59. The summed E-state index contributed by atoms with van der Waals surface area (Å²) in [6, 6.07) is 12.2. The van der Waals surface area contributed by atoms with Crippen molar-refractivity contribution < 1.29 is 22.7 Å². The molecule has 2 aromatic rings. The van der Waals surface area contributed by atoms with Crippen LogP contribution in [0.4, 0.5) is 0 Å². The number of ether oxygens (including phenoxy) is 2. The zero-order valence-electron chi connectivity index (χ0n) is 17.6. The standard InChI is InChI=1S/C22H28N2O5S/c1-16-6-4-5-7-20(16)29-15-18(3)23-22(25)19-9-8-17(2)21(14-19)30(26,27)24-10-12-28-13-11-24/h4-9,14,18H,10-13,15H2,1-3H3,(H,23,25)/t18-/m1/s1. The molecule has 0 radical (unpaired) electrons. The number of aryl methyl sites for hydroxylation is 2. The molecule has 2 aromatic carbocycles. The molecule has 0 spiro atoms. The van der Waals surface area contributed by atoms with E-state index < -0.39 is 10.0 Å². The molecule has 0 aliphatic carbocycles. The third kappa shape index (κ3) is 5.19. The molecule has 7 nitrogen and oxygen atoms in total. The number of hydrogen-bond acceptors (Lipinski definition) is 5. The van der Waals surface area contributed by atoms with Crippen molar-refractivity contribution in [3.63, 3.8) is 0 Å². The van der Waals surface area contributed by atoms with Gasteiger partial charge in [-0.25, -0.2) is 8.42 Å². The summed E-state index contributed by atoms with van der Waals surface area (Å²) in [6.07, 6.45) is 0. The molecule has 162 valence electrons. The second-order valence-electron chi connectivity index (χ2n) is 7.45. The lowest BCUT2D eigenvalue weighted by Crippen LogP contribution is -2.41. The Bertz CT molecular complexity index is 1000. The van der Waals surface area contributed by atoms with Gasteiger partial charge in [0.2, 0.25) is 10.0 Å². The average Bonchev–Trinajstić information content (AvgIpc) is 2.74. The Morgan fingerprint density at radius 2 is 1.83 bits per heavy atom. The van der Waals surface area contributed by atoms with Gasteiger partial charge >= 0.3 is 0 Å². The molecule has 1 heterocycles. The van der Waals surface area contributed by atoms with Gasteiger partial charge in [-0.2, -0.15) is 4.31 Å². The molecule has 3 rings (SSSR count). The first kappa shape index (κ1) is 22.3. The molecule has 8 heteroatoms. The van der Waals surface area contributed by atoms with Crippen LogP contribution in [-0.2, 0) is 14.8 Å². The summed E-state index contributed by atoms with van der Waals surface area (Å²) in [6.45, 7) is 7.21. The van der Waals surface area contributed by atoms with E-state index in [0.717, 1.165) is 11.3 Å². The van der Waals surface area contributed by atoms with Gasteiger partial charge in [-0.1, -0.05) is 24.3 Å². The molecule has 30 heavy (non-hydrogen) atoms. The zero-order chi connectivity index (χ0) is 21.7. The maximum Gasteiger partial charge on any atom is 0.251 e. The number of carbonyl (C=O) groups excluding carboxylic acids is 1. The Morgan fingerprint density at radius 3 is 2.53 bits per heavy atom. The molecule has 0 unspecified atom stereocenters. The lowest BCUT2D eigenvalue weighted by molar-refractivity contribution is 0.0730. The molecule has 0 bridgehead atoms. The van der Waals surface area contributed by atoms with E-state index in [1.54, 1.807) is 19.1 Å². The summed E-state index contributed by atoms with van der Waals surface area (Å²) >= 11 is 0. The number of nitrogens with zero attached hydrogens (tertiary/aromatic N) is 1. The lowest BCUT2D eigenvalue weighted by atomic mass is 10.1. The summed E-state index contributed by atoms with van der Waals surface area (Å²) in [5, 5.41) is 2.87. The van der Waals surface area contributed by atoms with E-state index in [1.165, 1.54) is 10.4 Å². The van der Waals surface area contributed by atoms with Gasteiger partial charge in [0.25, 0.3) is 5.91 Å². The third-order valence-corrected chi connectivity index (χ3v) is 7.04. The van der Waals surface area contributed by atoms with Crippen LogP contribution in [0, 0.1) is 13.8 Å². The number of carbonyl (C=O) groups is 1. The number of rotatable bonds is 7. The Balaban J connectivity index is 1.69. The van der Waals surface area contributed by atoms with Crippen molar-refractivity contribution in [2.45, 2.75) is 31.7 Å². The van der Waals surface area contributed by atoms with Crippen molar-refractivity contribution in [3.8, 4) is 5.75 Å². The minimum absolute atomic E-state index is 0.154. The molecule has 1 saturated heterocycles. The van der Waals surface area contributed by atoms with Gasteiger partial charge in [-0.15, -0.1) is 0 Å². The normalized spacial score (nSPS) is 16.1. The van der Waals surface area contributed by atoms with Crippen LogP contribution in [0.3, 0.4) is 0 Å². The predicted octanol–water partition coefficient (Wildman–Crippen LogP) is 2.52. The molecule has 0 aromatic heterocycles. The number of nitrogens with one attached hydrogen (secondary N) is 1. The van der Waals surface area contributed by atoms with Gasteiger partial charge in [0.05, 0.1) is 24.2 Å². The van der Waals surface area contributed by atoms with E-state index in [-0.39, 0.29) is 16.8 Å². The van der Waals surface area contributed by atoms with Crippen LogP contribution in [0.2, 0.25) is 0 Å². The minimum Gasteiger partial charge on any atom is -0.491 e. The maximum absolute atomic E-state index is 13.0. The highest BCUT2D eigenvalue weighted by molar-refractivity contribution is 7.89. The minimum atomic E-state index is -3.68. The van der Waals surface area contributed by atoms with Crippen LogP contribution in [0.15, 0.2) is 47.4 Å². The van der Waals surface area contributed by atoms with Crippen LogP contribution in [0.5, 0.6) is 5.75 Å². The lowest BCUT2D eigenvalue weighted by Gasteiger charge is -2.26. The molecule has 1 atom stereocenters. The summed E-state index contributed by atoms with van der Waals surface area (Å²) in [5.41, 5.74) is 1.93. The van der Waals surface area contributed by atoms with Gasteiger partial charge < -0.3 is 14.8 Å². The molecule has 1 amide bonds. The van der Waals surface area contributed by atoms with E-state index in [2.05, 4.69) is 5.32 Å². The molecule has 0 saturated carbocycles. The number of para-hydroxylation sites is 1. The fraction of sp³-hybridized carbons (Fsp3) is 0.409. The van der Waals surface area contributed by atoms with Gasteiger partial charge in [0.1, 0.15) is 12.4 Å². The fourth-order valence-electron chi connectivity index (χ4n) is 3.23. The van der Waals surface area contributed by atoms with Crippen molar-refractivity contribution in [2.75, 3.05) is 32.9 Å². The van der Waals surface area contributed by atoms with Crippen LogP contribution < -0.4 is 10.1 Å². The van der Waals surface area contributed by atoms with Gasteiger partial charge in [-0.05, 0) is 50.1 Å². The smallest absolute Gasteiger partial charge is 0.251 e. The Hall–Kier alpha value is -2.42. The first-order valence-electron chi connectivity index (χ1n) is 9.97. The van der Waals surface area contributed by atoms with Crippen LogP contribution in [-0.4, -0.2) is 57.6 Å². The molecule has 1 aliphatic heterocycles. The van der Waals surface area contributed by atoms with Crippen LogP contribution in [0.25, 0.3) is 0 Å². The topological polar surface area (TPSA) is 84.9 Å². The van der Waals surface area contributed by atoms with E-state index in [4.69, 9.17) is 9.47 Å². The first-order chi connectivity index (χ1) is 14.3. The first-order valence-corrected chi connectivity index (χ1v) is 11.4. The number of hydrogen-bond donors (Lipinski definition) is 1. The third-order valence-electron chi connectivity index (χ3n) is 5.00. The Labute approximate surface area is 178 Å². The van der Waals surface area contributed by atoms with Crippen molar-refractivity contribution in [3.05, 3.63) is 59.2 Å². The molecule has 1 N–H and O–H groups in total. The number of amides is 1. The van der Waals surface area contributed by atoms with Crippen molar-refractivity contribution in [1.29, 1.82) is 0 Å². The van der Waals surface area contributed by atoms with E-state index in [1.807, 2.05) is 38.1 Å². The van der Waals surface area contributed by atoms with Crippen LogP contribution in [0.1, 0.15) is 28.4 Å². The van der Waals surface area contributed by atoms with E-state index >= 15 is 0 Å². The molecule has 1 fully saturated rings. The molecular formula is C22H28N2O5S. The van der Waals surface area contributed by atoms with Gasteiger partial charge in [-0.3, -0.25) is 4.79 Å². The van der Waals surface area contributed by atoms with Gasteiger partial charge in [0, 0.05) is 18.7 Å². The Kier molecular flexibility index (Phi) is 7.12. The summed E-state index contributed by atoms with van der Waals surface area (Å²) < 4.78 is 38.5. The fourth-order valence-corrected chi connectivity index (χ4v) is 4.89. The van der Waals surface area contributed by atoms with Crippen LogP contribution >= 0.6 is 0 Å². The molecular weight excluding hydrogens is 404 g/mol. The SMILES string of the molecule is Cc1ccccc1OC[C@@H](C)NC(=O)c1ccc(C)c(S(=O)(=O)N2CCOCC2)c1. The summed E-state index contributed by atoms with van der Waals surface area (Å²) in [4.78, 5) is 12.9. The number of morpholine rings is 1. The number of sulfonamides is 1. The second-order valence-corrected chi connectivity index (χ2v) is 9.35. The van der Waals surface area contributed by atoms with E-state index in [0.29, 0.717) is 44.0 Å². The number of benzene rings is 2. The highest BCUT2D eigenvalue weighted by Gasteiger charge is 2.28. The van der Waals surface area contributed by atoms with Crippen molar-refractivity contribution >= 4 is 15.9 Å². The van der Waals surface area contributed by atoms with Crippen molar-refractivity contribution in [2.24, 2.45) is 0 Å². The largest absolute Gasteiger partial charge is 0.491 e. The molecule has 1 aliphatic rings.